The molecule has 3 aliphatic rings. The van der Waals surface area contributed by atoms with E-state index in [0.29, 0.717) is 51.8 Å². The van der Waals surface area contributed by atoms with Crippen LogP contribution in [0, 0.1) is 23.2 Å². The highest BCUT2D eigenvalue weighted by Gasteiger charge is 2.56. The minimum Gasteiger partial charge on any atom is -0.380 e. The van der Waals surface area contributed by atoms with Crippen LogP contribution >= 0.6 is 15.9 Å². The summed E-state index contributed by atoms with van der Waals surface area (Å²) in [4.78, 5) is 30.4. The number of amides is 1. The molecule has 0 aliphatic heterocycles. The fraction of sp³-hybridized carbons (Fsp3) is 0.643. The van der Waals surface area contributed by atoms with Crippen LogP contribution in [-0.4, -0.2) is 26.7 Å². The summed E-state index contributed by atoms with van der Waals surface area (Å²) < 4.78 is 1.63. The summed E-state index contributed by atoms with van der Waals surface area (Å²) in [6.45, 7) is 15.8. The number of aromatic nitrogens is 3. The number of halogens is 1. The van der Waals surface area contributed by atoms with Gasteiger partial charge in [0.1, 0.15) is 11.0 Å². The Labute approximate surface area is 223 Å². The molecule has 0 aromatic carbocycles. The number of hydrogen-bond donors (Lipinski definition) is 2. The lowest BCUT2D eigenvalue weighted by Gasteiger charge is -2.62. The average Bonchev–Trinajstić information content (AvgIpc) is 2.82. The fourth-order valence-corrected chi connectivity index (χ4v) is 6.36. The Hall–Kier alpha value is -2.22. The molecule has 0 spiro atoms. The van der Waals surface area contributed by atoms with E-state index in [-0.39, 0.29) is 18.0 Å². The van der Waals surface area contributed by atoms with E-state index in [4.69, 9.17) is 4.98 Å². The third kappa shape index (κ3) is 5.24. The largest absolute Gasteiger partial charge is 0.380 e. The maximum Gasteiger partial charge on any atom is 0.283 e. The number of carbonyl (C=O) groups excluding carboxylic acids is 1. The predicted octanol–water partition coefficient (Wildman–Crippen LogP) is 5.45. The standard InChI is InChI=1S/C28H40BrN5O2/c1-15(2)21-8-18(9-22(32-21)16(3)4)12-30-25(35)14-34-27(36)26(29)24(13-31-34)33-23-11-19-10-20(17(23)5)28(19,6)7/h8-9,13,15-17,19-20,23,33H,10-12,14H2,1-7H3,(H,30,35)/t17-,19+,20-,23-/m1/s1. The van der Waals surface area contributed by atoms with Crippen LogP contribution in [0.4, 0.5) is 5.69 Å². The topological polar surface area (TPSA) is 88.9 Å². The van der Waals surface area contributed by atoms with E-state index in [1.165, 1.54) is 11.1 Å². The summed E-state index contributed by atoms with van der Waals surface area (Å²) in [6, 6.07) is 4.40. The second-order valence-electron chi connectivity index (χ2n) is 12.0. The summed E-state index contributed by atoms with van der Waals surface area (Å²) in [5.41, 5.74) is 3.85. The molecule has 3 aliphatic carbocycles. The number of carbonyl (C=O) groups is 1. The number of nitrogens with zero attached hydrogens (tertiary/aromatic N) is 3. The van der Waals surface area contributed by atoms with Gasteiger partial charge in [0.15, 0.2) is 0 Å². The monoisotopic (exact) mass is 557 g/mol. The van der Waals surface area contributed by atoms with Crippen molar-refractivity contribution in [2.24, 2.45) is 23.2 Å². The van der Waals surface area contributed by atoms with Gasteiger partial charge in [0.25, 0.3) is 5.56 Å². The quantitative estimate of drug-likeness (QED) is 0.450. The zero-order valence-corrected chi connectivity index (χ0v) is 24.1. The lowest BCUT2D eigenvalue weighted by atomic mass is 9.45. The molecule has 2 heterocycles. The molecule has 3 fully saturated rings. The zero-order chi connectivity index (χ0) is 26.4. The lowest BCUT2D eigenvalue weighted by molar-refractivity contribution is -0.122. The normalized spacial score (nSPS) is 24.5. The minimum absolute atomic E-state index is 0.130. The summed E-state index contributed by atoms with van der Waals surface area (Å²) in [5, 5.41) is 10.8. The number of rotatable bonds is 8. The number of fused-ring (bicyclic) bond motifs is 2. The van der Waals surface area contributed by atoms with Crippen molar-refractivity contribution >= 4 is 27.5 Å². The van der Waals surface area contributed by atoms with Crippen LogP contribution in [0.3, 0.4) is 0 Å². The maximum absolute atomic E-state index is 13.0. The molecule has 5 rings (SSSR count). The first-order valence-corrected chi connectivity index (χ1v) is 14.0. The van der Waals surface area contributed by atoms with Crippen LogP contribution in [0.2, 0.25) is 0 Å². The molecule has 0 radical (unpaired) electrons. The second-order valence-corrected chi connectivity index (χ2v) is 12.7. The maximum atomic E-state index is 13.0. The molecule has 1 amide bonds. The van der Waals surface area contributed by atoms with Gasteiger partial charge in [-0.25, -0.2) is 4.68 Å². The van der Waals surface area contributed by atoms with Gasteiger partial charge in [-0.05, 0) is 81.5 Å². The Morgan fingerprint density at radius 2 is 1.81 bits per heavy atom. The Morgan fingerprint density at radius 1 is 1.17 bits per heavy atom. The van der Waals surface area contributed by atoms with Gasteiger partial charge in [-0.15, -0.1) is 0 Å². The fourth-order valence-electron chi connectivity index (χ4n) is 5.94. The molecule has 2 aromatic rings. The van der Waals surface area contributed by atoms with Crippen LogP contribution in [-0.2, 0) is 17.9 Å². The molecule has 0 saturated heterocycles. The second kappa shape index (κ2) is 10.3. The van der Waals surface area contributed by atoms with Gasteiger partial charge in [0.2, 0.25) is 5.91 Å². The van der Waals surface area contributed by atoms with Crippen LogP contribution in [0.1, 0.15) is 90.1 Å². The Bertz CT molecular complexity index is 1160. The third-order valence-corrected chi connectivity index (χ3v) is 9.34. The van der Waals surface area contributed by atoms with Crippen molar-refractivity contribution in [3.05, 3.63) is 50.1 Å². The summed E-state index contributed by atoms with van der Waals surface area (Å²) in [7, 11) is 0. The van der Waals surface area contributed by atoms with E-state index in [1.807, 2.05) is 12.1 Å². The van der Waals surface area contributed by atoms with Crippen LogP contribution in [0.5, 0.6) is 0 Å². The Morgan fingerprint density at radius 3 is 2.36 bits per heavy atom. The average molecular weight is 559 g/mol. The van der Waals surface area contributed by atoms with Crippen molar-refractivity contribution in [1.29, 1.82) is 0 Å². The highest BCUT2D eigenvalue weighted by molar-refractivity contribution is 9.10. The Kier molecular flexibility index (Phi) is 7.65. The lowest BCUT2D eigenvalue weighted by Crippen LogP contribution is -2.58. The highest BCUT2D eigenvalue weighted by atomic mass is 79.9. The SMILES string of the molecule is CC(C)c1cc(CNC(=O)Cn2ncc(N[C@@H]3C[C@@H]4C[C@H]([C@H]3C)C4(C)C)c(Br)c2=O)cc(C(C)C)n1. The van der Waals surface area contributed by atoms with Crippen LogP contribution < -0.4 is 16.2 Å². The molecule has 3 saturated carbocycles. The molecular weight excluding hydrogens is 518 g/mol. The van der Waals surface area contributed by atoms with Gasteiger partial charge in [-0.2, -0.15) is 5.10 Å². The van der Waals surface area contributed by atoms with E-state index in [0.717, 1.165) is 29.3 Å². The number of anilines is 1. The predicted molar refractivity (Wildman–Crippen MR) is 147 cm³/mol. The zero-order valence-electron chi connectivity index (χ0n) is 22.6. The number of hydrogen-bond acceptors (Lipinski definition) is 5. The van der Waals surface area contributed by atoms with Crippen molar-refractivity contribution in [2.45, 2.75) is 92.3 Å². The number of pyridine rings is 1. The molecule has 8 heteroatoms. The van der Waals surface area contributed by atoms with Gasteiger partial charge >= 0.3 is 0 Å². The van der Waals surface area contributed by atoms with Crippen molar-refractivity contribution < 1.29 is 4.79 Å². The first kappa shape index (κ1) is 26.8. The molecule has 0 unspecified atom stereocenters. The first-order valence-electron chi connectivity index (χ1n) is 13.2. The van der Waals surface area contributed by atoms with E-state index >= 15 is 0 Å². The van der Waals surface area contributed by atoms with E-state index in [2.05, 4.69) is 80.1 Å². The molecular formula is C28H40BrN5O2. The highest BCUT2D eigenvalue weighted by Crippen LogP contribution is 2.61. The van der Waals surface area contributed by atoms with Gasteiger partial charge in [-0.3, -0.25) is 14.6 Å². The van der Waals surface area contributed by atoms with Crippen molar-refractivity contribution in [3.63, 3.8) is 0 Å². The van der Waals surface area contributed by atoms with Gasteiger partial charge in [0.05, 0.1) is 11.9 Å². The molecule has 2 N–H and O–H groups in total. The third-order valence-electron chi connectivity index (χ3n) is 8.57. The van der Waals surface area contributed by atoms with Crippen molar-refractivity contribution in [2.75, 3.05) is 5.32 Å². The van der Waals surface area contributed by atoms with Crippen molar-refractivity contribution in [1.82, 2.24) is 20.1 Å². The molecule has 2 aromatic heterocycles. The summed E-state index contributed by atoms with van der Waals surface area (Å²) in [5.74, 6) is 2.32. The minimum atomic E-state index is -0.308. The summed E-state index contributed by atoms with van der Waals surface area (Å²) in [6.07, 6.45) is 4.07. The molecule has 7 nitrogen and oxygen atoms in total. The molecule has 196 valence electrons. The van der Waals surface area contributed by atoms with Crippen LogP contribution in [0.25, 0.3) is 0 Å². The Balaban J connectivity index is 1.39. The smallest absolute Gasteiger partial charge is 0.283 e. The molecule has 2 bridgehead atoms. The first-order chi connectivity index (χ1) is 16.9. The van der Waals surface area contributed by atoms with Gasteiger partial charge < -0.3 is 10.6 Å². The summed E-state index contributed by atoms with van der Waals surface area (Å²) >= 11 is 3.46. The van der Waals surface area contributed by atoms with Gasteiger partial charge in [-0.1, -0.05) is 48.5 Å². The molecule has 4 atom stereocenters. The van der Waals surface area contributed by atoms with E-state index in [9.17, 15) is 9.59 Å². The van der Waals surface area contributed by atoms with Crippen molar-refractivity contribution in [3.8, 4) is 0 Å². The van der Waals surface area contributed by atoms with Crippen LogP contribution in [0.15, 0.2) is 27.6 Å². The molecule has 36 heavy (non-hydrogen) atoms. The van der Waals surface area contributed by atoms with E-state index in [1.54, 1.807) is 6.20 Å². The van der Waals surface area contributed by atoms with Gasteiger partial charge in [0, 0.05) is 24.0 Å². The van der Waals surface area contributed by atoms with E-state index < -0.39 is 0 Å². The number of nitrogens with one attached hydrogen (secondary N) is 2.